The molecule has 0 radical (unpaired) electrons. The summed E-state index contributed by atoms with van der Waals surface area (Å²) in [6, 6.07) is 11.6. The maximum absolute atomic E-state index is 12.7. The number of ether oxygens (including phenoxy) is 2. The number of fused-ring (bicyclic) bond motifs is 3. The minimum atomic E-state index is -1.13. The second-order valence-corrected chi connectivity index (χ2v) is 7.68. The molecule has 160 valence electrons. The van der Waals surface area contributed by atoms with Gasteiger partial charge < -0.3 is 29.2 Å². The van der Waals surface area contributed by atoms with E-state index in [1.54, 1.807) is 18.2 Å². The quantitative estimate of drug-likeness (QED) is 0.655. The number of amides is 2. The summed E-state index contributed by atoms with van der Waals surface area (Å²) in [5, 5.41) is 13.9. The number of carboxylic acid groups (broad SMARTS) is 1. The average molecular weight is 424 g/mol. The number of benzene rings is 2. The van der Waals surface area contributed by atoms with E-state index in [1.165, 1.54) is 4.90 Å². The molecule has 2 amide bonds. The van der Waals surface area contributed by atoms with E-state index in [0.29, 0.717) is 24.4 Å². The third kappa shape index (κ3) is 3.41. The van der Waals surface area contributed by atoms with Crippen LogP contribution in [-0.4, -0.2) is 65.9 Å². The first-order valence-electron chi connectivity index (χ1n) is 9.95. The van der Waals surface area contributed by atoms with E-state index in [0.717, 1.165) is 16.4 Å². The van der Waals surface area contributed by atoms with Crippen molar-refractivity contribution in [3.63, 3.8) is 0 Å². The van der Waals surface area contributed by atoms with Gasteiger partial charge >= 0.3 is 5.97 Å². The summed E-state index contributed by atoms with van der Waals surface area (Å²) in [6.07, 6.45) is 0.0603. The molecule has 2 N–H and O–H groups in total. The Morgan fingerprint density at radius 3 is 2.58 bits per heavy atom. The van der Waals surface area contributed by atoms with E-state index < -0.39 is 29.6 Å². The van der Waals surface area contributed by atoms with Crippen LogP contribution in [0.25, 0.3) is 21.9 Å². The molecule has 2 aromatic carbocycles. The molecular weight excluding hydrogens is 404 g/mol. The number of carbonyl (C=O) groups excluding carboxylic acids is 2. The summed E-state index contributed by atoms with van der Waals surface area (Å²) in [6.45, 7) is 0.394. The minimum Gasteiger partial charge on any atom is -0.480 e. The van der Waals surface area contributed by atoms with Crippen LogP contribution in [0.4, 0.5) is 0 Å². The number of para-hydroxylation sites is 1. The molecule has 9 heteroatoms. The molecule has 31 heavy (non-hydrogen) atoms. The van der Waals surface area contributed by atoms with E-state index in [4.69, 9.17) is 13.9 Å². The van der Waals surface area contributed by atoms with Crippen LogP contribution in [0.1, 0.15) is 16.8 Å². The van der Waals surface area contributed by atoms with Crippen LogP contribution in [0.5, 0.6) is 0 Å². The summed E-state index contributed by atoms with van der Waals surface area (Å²) < 4.78 is 16.9. The molecule has 0 aliphatic carbocycles. The van der Waals surface area contributed by atoms with E-state index in [2.05, 4.69) is 5.32 Å². The largest absolute Gasteiger partial charge is 0.480 e. The number of nitrogens with zero attached hydrogens (tertiary/aromatic N) is 1. The van der Waals surface area contributed by atoms with E-state index in [9.17, 15) is 19.5 Å². The predicted octanol–water partition coefficient (Wildman–Crippen LogP) is 1.74. The topological polar surface area (TPSA) is 118 Å². The molecule has 2 aliphatic heterocycles. The lowest BCUT2D eigenvalue weighted by molar-refractivity contribution is -0.152. The zero-order valence-corrected chi connectivity index (χ0v) is 16.5. The van der Waals surface area contributed by atoms with Gasteiger partial charge in [0.15, 0.2) is 5.79 Å². The van der Waals surface area contributed by atoms with Gasteiger partial charge in [0.25, 0.3) is 5.91 Å². The van der Waals surface area contributed by atoms with Crippen molar-refractivity contribution in [2.75, 3.05) is 26.3 Å². The molecule has 0 saturated carbocycles. The molecular formula is C22H20N2O7. The standard InChI is InChI=1S/C22H20N2O7/c25-19(24-12-22(29-7-8-30-22)10-16(24)21(27)28)11-23-20(26)13-5-6-15-14-3-1-2-4-17(14)31-18(15)9-13/h1-6,9,16H,7-8,10-12H2,(H,23,26)(H,27,28)/t16-/m0/s1. The summed E-state index contributed by atoms with van der Waals surface area (Å²) >= 11 is 0. The first-order valence-corrected chi connectivity index (χ1v) is 9.95. The smallest absolute Gasteiger partial charge is 0.326 e. The number of hydrogen-bond donors (Lipinski definition) is 2. The zero-order valence-electron chi connectivity index (χ0n) is 16.5. The molecule has 9 nitrogen and oxygen atoms in total. The molecule has 1 spiro atoms. The number of carbonyl (C=O) groups is 3. The van der Waals surface area contributed by atoms with Crippen LogP contribution in [0.3, 0.4) is 0 Å². The highest BCUT2D eigenvalue weighted by Crippen LogP contribution is 2.35. The Morgan fingerprint density at radius 2 is 1.81 bits per heavy atom. The van der Waals surface area contributed by atoms with Crippen molar-refractivity contribution in [2.45, 2.75) is 18.2 Å². The van der Waals surface area contributed by atoms with Crippen molar-refractivity contribution in [2.24, 2.45) is 0 Å². The first-order chi connectivity index (χ1) is 15.0. The Hall–Kier alpha value is -3.43. The zero-order chi connectivity index (χ0) is 21.6. The number of aliphatic carboxylic acids is 1. The lowest BCUT2D eigenvalue weighted by Gasteiger charge is -2.23. The van der Waals surface area contributed by atoms with Crippen LogP contribution in [0, 0.1) is 0 Å². The Bertz CT molecular complexity index is 1200. The highest BCUT2D eigenvalue weighted by atomic mass is 16.7. The van der Waals surface area contributed by atoms with Gasteiger partial charge in [-0.05, 0) is 24.3 Å². The van der Waals surface area contributed by atoms with Crippen molar-refractivity contribution in [1.29, 1.82) is 0 Å². The van der Waals surface area contributed by atoms with E-state index in [1.807, 2.05) is 24.3 Å². The Kier molecular flexibility index (Phi) is 4.64. The molecule has 1 atom stereocenters. The maximum atomic E-state index is 12.7. The second kappa shape index (κ2) is 7.36. The van der Waals surface area contributed by atoms with Gasteiger partial charge in [-0.25, -0.2) is 4.79 Å². The van der Waals surface area contributed by atoms with Gasteiger partial charge in [0.2, 0.25) is 5.91 Å². The normalized spacial score (nSPS) is 20.0. The highest BCUT2D eigenvalue weighted by molar-refractivity contribution is 6.07. The van der Waals surface area contributed by atoms with Crippen LogP contribution in [0.15, 0.2) is 46.9 Å². The maximum Gasteiger partial charge on any atom is 0.326 e. The molecule has 2 fully saturated rings. The SMILES string of the molecule is O=C(NCC(=O)N1CC2(C[C@H]1C(=O)O)OCCO2)c1ccc2c(c1)oc1ccccc12. The number of likely N-dealkylation sites (tertiary alicyclic amines) is 1. The lowest BCUT2D eigenvalue weighted by atomic mass is 10.1. The number of rotatable bonds is 4. The molecule has 0 unspecified atom stereocenters. The predicted molar refractivity (Wildman–Crippen MR) is 108 cm³/mol. The van der Waals surface area contributed by atoms with E-state index in [-0.39, 0.29) is 19.5 Å². The Morgan fingerprint density at radius 1 is 1.06 bits per heavy atom. The van der Waals surface area contributed by atoms with Gasteiger partial charge in [0.05, 0.1) is 26.3 Å². The van der Waals surface area contributed by atoms with Gasteiger partial charge in [-0.15, -0.1) is 0 Å². The first kappa shape index (κ1) is 19.5. The van der Waals surface area contributed by atoms with E-state index >= 15 is 0 Å². The highest BCUT2D eigenvalue weighted by Gasteiger charge is 2.52. The van der Waals surface area contributed by atoms with Crippen LogP contribution in [-0.2, 0) is 19.1 Å². The van der Waals surface area contributed by atoms with Crippen LogP contribution in [0.2, 0.25) is 0 Å². The molecule has 2 saturated heterocycles. The lowest BCUT2D eigenvalue weighted by Crippen LogP contribution is -2.46. The average Bonchev–Trinajstić information content (AvgIpc) is 3.48. The molecule has 2 aliphatic rings. The van der Waals surface area contributed by atoms with Crippen molar-refractivity contribution >= 4 is 39.7 Å². The third-order valence-electron chi connectivity index (χ3n) is 5.75. The Labute approximate surface area is 176 Å². The third-order valence-corrected chi connectivity index (χ3v) is 5.75. The van der Waals surface area contributed by atoms with Crippen LogP contribution >= 0.6 is 0 Å². The summed E-state index contributed by atoms with van der Waals surface area (Å²) in [7, 11) is 0. The van der Waals surface area contributed by atoms with Gasteiger partial charge in [-0.3, -0.25) is 9.59 Å². The van der Waals surface area contributed by atoms with Crippen molar-refractivity contribution < 1.29 is 33.4 Å². The fourth-order valence-electron chi connectivity index (χ4n) is 4.25. The van der Waals surface area contributed by atoms with Crippen molar-refractivity contribution in [3.8, 4) is 0 Å². The number of hydrogen-bond acceptors (Lipinski definition) is 6. The molecule has 0 bridgehead atoms. The van der Waals surface area contributed by atoms with Gasteiger partial charge in [0.1, 0.15) is 17.2 Å². The van der Waals surface area contributed by atoms with Gasteiger partial charge in [0, 0.05) is 22.8 Å². The van der Waals surface area contributed by atoms with Crippen molar-refractivity contribution in [1.82, 2.24) is 10.2 Å². The summed E-state index contributed by atoms with van der Waals surface area (Å²) in [5.74, 6) is -3.17. The summed E-state index contributed by atoms with van der Waals surface area (Å²) in [4.78, 5) is 38.1. The number of nitrogens with one attached hydrogen (secondary N) is 1. The van der Waals surface area contributed by atoms with Gasteiger partial charge in [-0.2, -0.15) is 0 Å². The van der Waals surface area contributed by atoms with Gasteiger partial charge in [-0.1, -0.05) is 18.2 Å². The van der Waals surface area contributed by atoms with Crippen molar-refractivity contribution in [3.05, 3.63) is 48.0 Å². The molecule has 3 heterocycles. The minimum absolute atomic E-state index is 0.0175. The number of furan rings is 1. The fourth-order valence-corrected chi connectivity index (χ4v) is 4.25. The molecule has 5 rings (SSSR count). The van der Waals surface area contributed by atoms with Crippen LogP contribution < -0.4 is 5.32 Å². The Balaban J connectivity index is 1.29. The summed E-state index contributed by atoms with van der Waals surface area (Å²) in [5.41, 5.74) is 1.64. The monoisotopic (exact) mass is 424 g/mol. The second-order valence-electron chi connectivity index (χ2n) is 7.68. The molecule has 3 aromatic rings. The number of carboxylic acids is 1. The fraction of sp³-hybridized carbons (Fsp3) is 0.318. The molecule has 1 aromatic heterocycles.